The summed E-state index contributed by atoms with van der Waals surface area (Å²) in [4.78, 5) is 2.26. The lowest BCUT2D eigenvalue weighted by atomic mass is 10.0. The zero-order chi connectivity index (χ0) is 10.9. The Bertz CT molecular complexity index is 301. The van der Waals surface area contributed by atoms with Crippen LogP contribution in [0.2, 0.25) is 0 Å². The van der Waals surface area contributed by atoms with Crippen molar-refractivity contribution in [3.63, 3.8) is 0 Å². The molecule has 2 unspecified atom stereocenters. The largest absolute Gasteiger partial charge is 0.327 e. The van der Waals surface area contributed by atoms with E-state index in [9.17, 15) is 8.42 Å². The molecule has 0 bridgehead atoms. The highest BCUT2D eigenvalue weighted by Gasteiger charge is 2.28. The Kier molecular flexibility index (Phi) is 3.33. The predicted octanol–water partition coefficient (Wildman–Crippen LogP) is -0.156. The molecule has 0 aromatic carbocycles. The van der Waals surface area contributed by atoms with Gasteiger partial charge in [-0.2, -0.15) is 0 Å². The maximum atomic E-state index is 11.2. The summed E-state index contributed by atoms with van der Waals surface area (Å²) >= 11 is 0. The molecule has 0 amide bonds. The summed E-state index contributed by atoms with van der Waals surface area (Å²) in [7, 11) is -2.74. The van der Waals surface area contributed by atoms with Gasteiger partial charge in [0.05, 0.1) is 11.5 Å². The lowest BCUT2D eigenvalue weighted by Crippen LogP contribution is -2.44. The van der Waals surface area contributed by atoms with E-state index in [-0.39, 0.29) is 0 Å². The zero-order valence-electron chi connectivity index (χ0n) is 9.06. The first-order valence-corrected chi connectivity index (χ1v) is 7.57. The first-order chi connectivity index (χ1) is 7.07. The molecule has 2 fully saturated rings. The maximum Gasteiger partial charge on any atom is 0.152 e. The fourth-order valence-corrected chi connectivity index (χ4v) is 3.83. The number of rotatable bonds is 2. The molecule has 2 rings (SSSR count). The van der Waals surface area contributed by atoms with E-state index >= 15 is 0 Å². The van der Waals surface area contributed by atoms with Crippen LogP contribution in [0.5, 0.6) is 0 Å². The highest BCUT2D eigenvalue weighted by Crippen LogP contribution is 2.25. The Labute approximate surface area is 91.7 Å². The Morgan fingerprint density at radius 3 is 2.40 bits per heavy atom. The molecule has 0 aromatic rings. The molecule has 1 saturated carbocycles. The van der Waals surface area contributed by atoms with Gasteiger partial charge in [0.15, 0.2) is 9.84 Å². The molecule has 2 atom stereocenters. The Balaban J connectivity index is 1.81. The molecule has 0 aromatic heterocycles. The molecule has 15 heavy (non-hydrogen) atoms. The molecule has 88 valence electrons. The van der Waals surface area contributed by atoms with Crippen LogP contribution in [0.4, 0.5) is 0 Å². The third-order valence-corrected chi connectivity index (χ3v) is 5.26. The second kappa shape index (κ2) is 4.39. The minimum atomic E-state index is -2.74. The summed E-state index contributed by atoms with van der Waals surface area (Å²) in [6.07, 6.45) is 3.58. The molecule has 2 N–H and O–H groups in total. The van der Waals surface area contributed by atoms with Crippen LogP contribution in [0.15, 0.2) is 0 Å². The number of hydrogen-bond donors (Lipinski definition) is 1. The lowest BCUT2D eigenvalue weighted by Gasteiger charge is -2.30. The van der Waals surface area contributed by atoms with Gasteiger partial charge in [-0.15, -0.1) is 0 Å². The molecule has 0 radical (unpaired) electrons. The number of nitrogens with two attached hydrogens (primary N) is 1. The van der Waals surface area contributed by atoms with Gasteiger partial charge in [0.1, 0.15) is 0 Å². The molecule has 1 saturated heterocycles. The summed E-state index contributed by atoms with van der Waals surface area (Å²) in [5.41, 5.74) is 6.00. The molecule has 1 aliphatic carbocycles. The highest BCUT2D eigenvalue weighted by atomic mass is 32.2. The van der Waals surface area contributed by atoms with Crippen LogP contribution < -0.4 is 5.73 Å². The average molecular weight is 232 g/mol. The SMILES string of the molecule is NC1CCCC1CN1CCS(=O)(=O)CC1. The second-order valence-electron chi connectivity index (χ2n) is 4.81. The van der Waals surface area contributed by atoms with E-state index in [1.165, 1.54) is 12.8 Å². The zero-order valence-corrected chi connectivity index (χ0v) is 9.88. The van der Waals surface area contributed by atoms with E-state index in [2.05, 4.69) is 4.90 Å². The molecule has 4 nitrogen and oxygen atoms in total. The van der Waals surface area contributed by atoms with Gasteiger partial charge in [0.25, 0.3) is 0 Å². The number of hydrogen-bond acceptors (Lipinski definition) is 4. The van der Waals surface area contributed by atoms with Crippen LogP contribution in [0.25, 0.3) is 0 Å². The van der Waals surface area contributed by atoms with Crippen molar-refractivity contribution in [2.24, 2.45) is 11.7 Å². The average Bonchev–Trinajstić information content (AvgIpc) is 2.56. The van der Waals surface area contributed by atoms with Gasteiger partial charge >= 0.3 is 0 Å². The van der Waals surface area contributed by atoms with Crippen LogP contribution >= 0.6 is 0 Å². The van der Waals surface area contributed by atoms with Gasteiger partial charge < -0.3 is 10.6 Å². The second-order valence-corrected chi connectivity index (χ2v) is 7.11. The normalized spacial score (nSPS) is 36.9. The molecular weight excluding hydrogens is 212 g/mol. The molecule has 5 heteroatoms. The van der Waals surface area contributed by atoms with Gasteiger partial charge in [-0.1, -0.05) is 6.42 Å². The molecular formula is C10H20N2O2S. The van der Waals surface area contributed by atoms with Crippen molar-refractivity contribution in [1.82, 2.24) is 4.90 Å². The Morgan fingerprint density at radius 2 is 1.87 bits per heavy atom. The fourth-order valence-electron chi connectivity index (χ4n) is 2.56. The number of nitrogens with zero attached hydrogens (tertiary/aromatic N) is 1. The molecule has 1 aliphatic heterocycles. The van der Waals surface area contributed by atoms with Crippen molar-refractivity contribution < 1.29 is 8.42 Å². The van der Waals surface area contributed by atoms with Crippen LogP contribution in [0.3, 0.4) is 0 Å². The van der Waals surface area contributed by atoms with Crippen molar-refractivity contribution in [3.8, 4) is 0 Å². The van der Waals surface area contributed by atoms with Crippen molar-refractivity contribution in [1.29, 1.82) is 0 Å². The Morgan fingerprint density at radius 1 is 1.20 bits per heavy atom. The van der Waals surface area contributed by atoms with Crippen molar-refractivity contribution in [2.45, 2.75) is 25.3 Å². The third-order valence-electron chi connectivity index (χ3n) is 3.65. The summed E-state index contributed by atoms with van der Waals surface area (Å²) < 4.78 is 22.5. The molecule has 1 heterocycles. The van der Waals surface area contributed by atoms with E-state index in [1.807, 2.05) is 0 Å². The van der Waals surface area contributed by atoms with E-state index in [0.29, 0.717) is 36.6 Å². The first-order valence-electron chi connectivity index (χ1n) is 5.75. The topological polar surface area (TPSA) is 63.4 Å². The van der Waals surface area contributed by atoms with Gasteiger partial charge in [0.2, 0.25) is 0 Å². The summed E-state index contributed by atoms with van der Waals surface area (Å²) in [5, 5.41) is 0. The van der Waals surface area contributed by atoms with E-state index in [0.717, 1.165) is 13.0 Å². The quantitative estimate of drug-likeness (QED) is 0.719. The first kappa shape index (κ1) is 11.4. The van der Waals surface area contributed by atoms with Crippen molar-refractivity contribution in [2.75, 3.05) is 31.1 Å². The predicted molar refractivity (Wildman–Crippen MR) is 60.4 cm³/mol. The minimum absolute atomic E-state index is 0.328. The minimum Gasteiger partial charge on any atom is -0.327 e. The summed E-state index contributed by atoms with van der Waals surface area (Å²) in [5.74, 6) is 1.25. The van der Waals surface area contributed by atoms with Crippen LogP contribution in [0, 0.1) is 5.92 Å². The summed E-state index contributed by atoms with van der Waals surface area (Å²) in [6, 6.07) is 0.337. The van der Waals surface area contributed by atoms with Gasteiger partial charge in [-0.25, -0.2) is 8.42 Å². The van der Waals surface area contributed by atoms with Gasteiger partial charge in [-0.3, -0.25) is 0 Å². The lowest BCUT2D eigenvalue weighted by molar-refractivity contribution is 0.239. The molecule has 0 spiro atoms. The van der Waals surface area contributed by atoms with Crippen LogP contribution in [0.1, 0.15) is 19.3 Å². The highest BCUT2D eigenvalue weighted by molar-refractivity contribution is 7.91. The standard InChI is InChI=1S/C10H20N2O2S/c11-10-3-1-2-9(10)8-12-4-6-15(13,14)7-5-12/h9-10H,1-8,11H2. The molecule has 2 aliphatic rings. The monoisotopic (exact) mass is 232 g/mol. The third kappa shape index (κ3) is 2.92. The van der Waals surface area contributed by atoms with Gasteiger partial charge in [-0.05, 0) is 18.8 Å². The Hall–Kier alpha value is -0.130. The smallest absolute Gasteiger partial charge is 0.152 e. The van der Waals surface area contributed by atoms with E-state index in [4.69, 9.17) is 5.73 Å². The van der Waals surface area contributed by atoms with Gasteiger partial charge in [0, 0.05) is 25.7 Å². The summed E-state index contributed by atoms with van der Waals surface area (Å²) in [6.45, 7) is 2.40. The number of sulfone groups is 1. The van der Waals surface area contributed by atoms with Crippen LogP contribution in [-0.4, -0.2) is 50.5 Å². The van der Waals surface area contributed by atoms with Crippen molar-refractivity contribution >= 4 is 9.84 Å². The van der Waals surface area contributed by atoms with Crippen LogP contribution in [-0.2, 0) is 9.84 Å². The fraction of sp³-hybridized carbons (Fsp3) is 1.00. The van der Waals surface area contributed by atoms with E-state index < -0.39 is 9.84 Å². The van der Waals surface area contributed by atoms with Crippen molar-refractivity contribution in [3.05, 3.63) is 0 Å². The van der Waals surface area contributed by atoms with E-state index in [1.54, 1.807) is 0 Å². The maximum absolute atomic E-state index is 11.2.